The number of hydrogen-bond donors (Lipinski definition) is 0. The van der Waals surface area contributed by atoms with Crippen LogP contribution >= 0.6 is 0 Å². The molecule has 10 rings (SSSR count). The van der Waals surface area contributed by atoms with E-state index in [1.54, 1.807) is 6.07 Å². The molecule has 0 radical (unpaired) electrons. The SMILES string of the molecule is Cc1ccc(-c2ccc3c4ccccc4n(-c4cc(-c5ccc(C(F)(F)F)cc5C(F)(F)F)c(-n5c6ccccc6c6ccc(-c7ccc(C)cc7C)cc65)cc4C#N)c3c2)c(C)c1. The zero-order valence-corrected chi connectivity index (χ0v) is 35.0. The van der Waals surface area contributed by atoms with Gasteiger partial charge >= 0.3 is 12.4 Å². The maximum atomic E-state index is 15.4. The van der Waals surface area contributed by atoms with E-state index in [0.29, 0.717) is 28.1 Å². The molecule has 0 aliphatic heterocycles. The zero-order valence-electron chi connectivity index (χ0n) is 35.0. The van der Waals surface area contributed by atoms with Crippen LogP contribution < -0.4 is 0 Å². The Morgan fingerprint density at radius 1 is 0.422 bits per heavy atom. The largest absolute Gasteiger partial charge is 0.417 e. The fraction of sp³-hybridized carbons (Fsp3) is 0.109. The van der Waals surface area contributed by atoms with Gasteiger partial charge < -0.3 is 9.13 Å². The van der Waals surface area contributed by atoms with Crippen molar-refractivity contribution in [2.24, 2.45) is 0 Å². The van der Waals surface area contributed by atoms with Gasteiger partial charge in [0.05, 0.1) is 50.1 Å². The fourth-order valence-electron chi connectivity index (χ4n) is 9.51. The first kappa shape index (κ1) is 40.5. The molecule has 8 aromatic carbocycles. The van der Waals surface area contributed by atoms with Crippen LogP contribution in [0.4, 0.5) is 26.3 Å². The normalized spacial score (nSPS) is 12.2. The second-order valence-corrected chi connectivity index (χ2v) is 16.6. The quantitative estimate of drug-likeness (QED) is 0.159. The molecule has 0 saturated heterocycles. The Morgan fingerprint density at radius 3 is 1.39 bits per heavy atom. The highest BCUT2D eigenvalue weighted by atomic mass is 19.4. The third kappa shape index (κ3) is 6.60. The Bertz CT molecular complexity index is 3600. The van der Waals surface area contributed by atoms with E-state index < -0.39 is 29.0 Å². The lowest BCUT2D eigenvalue weighted by Gasteiger charge is -2.22. The molecule has 2 aromatic heterocycles. The first-order valence-corrected chi connectivity index (χ1v) is 20.7. The van der Waals surface area contributed by atoms with Gasteiger partial charge in [-0.3, -0.25) is 0 Å². The molecule has 0 N–H and O–H groups in total. The van der Waals surface area contributed by atoms with Gasteiger partial charge in [0, 0.05) is 27.1 Å². The molecule has 0 amide bonds. The van der Waals surface area contributed by atoms with Crippen molar-refractivity contribution in [2.45, 2.75) is 40.0 Å². The molecular weight excluding hydrogens is 817 g/mol. The van der Waals surface area contributed by atoms with Crippen LogP contribution in [0.5, 0.6) is 0 Å². The number of aryl methyl sites for hydroxylation is 4. The molecule has 0 spiro atoms. The standard InChI is InChI=1S/C55H37F6N3/c1-31-13-18-39(33(3)23-31)35-15-20-44-42-9-5-7-11-48(42)63(51(44)25-35)50-29-46(41-22-17-38(54(56,57)58)28-47(41)55(59,60)61)53(27-37(50)30-62)64-49-12-8-6-10-43(49)45-21-16-36(26-52(45)64)40-19-14-32(2)24-34(40)4/h5-29H,1-4H3. The minimum Gasteiger partial charge on any atom is -0.309 e. The van der Waals surface area contributed by atoms with Crippen LogP contribution in [-0.4, -0.2) is 9.13 Å². The number of alkyl halides is 6. The first-order chi connectivity index (χ1) is 30.6. The summed E-state index contributed by atoms with van der Waals surface area (Å²) in [6, 6.07) is 46.7. The molecule has 0 bridgehead atoms. The van der Waals surface area contributed by atoms with E-state index in [-0.39, 0.29) is 28.6 Å². The summed E-state index contributed by atoms with van der Waals surface area (Å²) >= 11 is 0. The lowest BCUT2D eigenvalue weighted by Crippen LogP contribution is -2.13. The Labute approximate surface area is 364 Å². The molecule has 10 aromatic rings. The predicted molar refractivity (Wildman–Crippen MR) is 245 cm³/mol. The number of nitrogens with zero attached hydrogens (tertiary/aromatic N) is 3. The molecule has 0 aliphatic carbocycles. The number of para-hydroxylation sites is 2. The summed E-state index contributed by atoms with van der Waals surface area (Å²) in [6.45, 7) is 8.08. The van der Waals surface area contributed by atoms with Crippen LogP contribution in [0.2, 0.25) is 0 Å². The van der Waals surface area contributed by atoms with Gasteiger partial charge in [-0.25, -0.2) is 0 Å². The number of hydrogen-bond acceptors (Lipinski definition) is 1. The molecule has 0 aliphatic rings. The van der Waals surface area contributed by atoms with E-state index in [1.807, 2.05) is 146 Å². The molecule has 3 nitrogen and oxygen atoms in total. The average Bonchev–Trinajstić information content (AvgIpc) is 3.77. The van der Waals surface area contributed by atoms with Crippen molar-refractivity contribution in [3.05, 3.63) is 191 Å². The first-order valence-electron chi connectivity index (χ1n) is 20.7. The van der Waals surface area contributed by atoms with Gasteiger partial charge in [-0.2, -0.15) is 31.6 Å². The van der Waals surface area contributed by atoms with Crippen molar-refractivity contribution < 1.29 is 26.3 Å². The smallest absolute Gasteiger partial charge is 0.309 e. The summed E-state index contributed by atoms with van der Waals surface area (Å²) in [4.78, 5) is 0. The zero-order chi connectivity index (χ0) is 44.8. The molecule has 9 heteroatoms. The summed E-state index contributed by atoms with van der Waals surface area (Å²) in [6.07, 6.45) is -10.2. The van der Waals surface area contributed by atoms with Crippen LogP contribution in [0.3, 0.4) is 0 Å². The number of rotatable bonds is 5. The van der Waals surface area contributed by atoms with Crippen LogP contribution in [-0.2, 0) is 12.4 Å². The highest BCUT2D eigenvalue weighted by Crippen LogP contribution is 2.47. The number of fused-ring (bicyclic) bond motifs is 6. The van der Waals surface area contributed by atoms with Crippen molar-refractivity contribution in [3.8, 4) is 50.8 Å². The highest BCUT2D eigenvalue weighted by molar-refractivity contribution is 6.12. The third-order valence-electron chi connectivity index (χ3n) is 12.4. The maximum Gasteiger partial charge on any atom is 0.417 e. The van der Waals surface area contributed by atoms with Gasteiger partial charge in [0.2, 0.25) is 0 Å². The van der Waals surface area contributed by atoms with Gasteiger partial charge in [0.25, 0.3) is 0 Å². The lowest BCUT2D eigenvalue weighted by atomic mass is 9.93. The summed E-state index contributed by atoms with van der Waals surface area (Å²) in [5.41, 5.74) is 7.97. The summed E-state index contributed by atoms with van der Waals surface area (Å²) < 4.78 is 92.4. The number of benzene rings is 8. The molecule has 0 saturated carbocycles. The van der Waals surface area contributed by atoms with Crippen LogP contribution in [0, 0.1) is 39.0 Å². The molecule has 0 unspecified atom stereocenters. The Hall–Kier alpha value is -7.57. The van der Waals surface area contributed by atoms with Gasteiger partial charge in [-0.1, -0.05) is 114 Å². The molecule has 2 heterocycles. The van der Waals surface area contributed by atoms with Gasteiger partial charge in [0.1, 0.15) is 6.07 Å². The van der Waals surface area contributed by atoms with Gasteiger partial charge in [0.15, 0.2) is 0 Å². The number of aromatic nitrogens is 2. The molecule has 64 heavy (non-hydrogen) atoms. The van der Waals surface area contributed by atoms with Crippen molar-refractivity contribution in [1.29, 1.82) is 5.26 Å². The van der Waals surface area contributed by atoms with Crippen LogP contribution in [0.1, 0.15) is 38.9 Å². The summed E-state index contributed by atoms with van der Waals surface area (Å²) in [5.74, 6) is 0. The van der Waals surface area contributed by atoms with Crippen molar-refractivity contribution in [2.75, 3.05) is 0 Å². The van der Waals surface area contributed by atoms with Crippen LogP contribution in [0.25, 0.3) is 88.4 Å². The topological polar surface area (TPSA) is 33.6 Å². The van der Waals surface area contributed by atoms with E-state index >= 15 is 13.2 Å². The molecule has 0 fully saturated rings. The average molecular weight is 854 g/mol. The summed E-state index contributed by atoms with van der Waals surface area (Å²) in [7, 11) is 0. The van der Waals surface area contributed by atoms with E-state index in [9.17, 15) is 18.4 Å². The lowest BCUT2D eigenvalue weighted by molar-refractivity contribution is -0.142. The maximum absolute atomic E-state index is 15.4. The number of halogens is 6. The Kier molecular flexibility index (Phi) is 9.35. The van der Waals surface area contributed by atoms with Crippen LogP contribution in [0.15, 0.2) is 152 Å². The predicted octanol–water partition coefficient (Wildman–Crippen LogP) is 16.0. The molecule has 314 valence electrons. The second kappa shape index (κ2) is 14.8. The Balaban J connectivity index is 1.35. The number of nitriles is 1. The van der Waals surface area contributed by atoms with E-state index in [4.69, 9.17) is 0 Å². The van der Waals surface area contributed by atoms with Crippen molar-refractivity contribution in [3.63, 3.8) is 0 Å². The second-order valence-electron chi connectivity index (χ2n) is 16.6. The fourth-order valence-corrected chi connectivity index (χ4v) is 9.51. The third-order valence-corrected chi connectivity index (χ3v) is 12.4. The van der Waals surface area contributed by atoms with E-state index in [1.165, 1.54) is 6.07 Å². The van der Waals surface area contributed by atoms with E-state index in [0.717, 1.165) is 72.1 Å². The van der Waals surface area contributed by atoms with E-state index in [2.05, 4.69) is 18.2 Å². The van der Waals surface area contributed by atoms with Crippen molar-refractivity contribution >= 4 is 43.6 Å². The monoisotopic (exact) mass is 853 g/mol. The molecular formula is C55H37F6N3. The van der Waals surface area contributed by atoms with Gasteiger partial charge in [-0.05, 0) is 115 Å². The molecule has 0 atom stereocenters. The minimum absolute atomic E-state index is 0.00825. The van der Waals surface area contributed by atoms with Gasteiger partial charge in [-0.15, -0.1) is 0 Å². The Morgan fingerprint density at radius 2 is 0.906 bits per heavy atom. The highest BCUT2D eigenvalue weighted by Gasteiger charge is 2.39. The summed E-state index contributed by atoms with van der Waals surface area (Å²) in [5, 5.41) is 14.5. The van der Waals surface area contributed by atoms with Crippen molar-refractivity contribution in [1.82, 2.24) is 9.13 Å². The minimum atomic E-state index is -5.19.